The first-order valence-electron chi connectivity index (χ1n) is 15.1. The number of amides is 2. The second-order valence-corrected chi connectivity index (χ2v) is 12.7. The van der Waals surface area contributed by atoms with Gasteiger partial charge in [0.05, 0.1) is 17.2 Å². The van der Waals surface area contributed by atoms with Crippen molar-refractivity contribution in [3.63, 3.8) is 0 Å². The average molecular weight is 628 g/mol. The predicted octanol–water partition coefficient (Wildman–Crippen LogP) is 5.67. The highest BCUT2D eigenvalue weighted by molar-refractivity contribution is 7.92. The van der Waals surface area contributed by atoms with E-state index in [1.54, 1.807) is 36.4 Å². The Morgan fingerprint density at radius 1 is 0.778 bits per heavy atom. The number of nitrogens with zero attached hydrogens (tertiary/aromatic N) is 2. The fourth-order valence-electron chi connectivity index (χ4n) is 5.03. The number of hydrogen-bond acceptors (Lipinski definition) is 5. The maximum absolute atomic E-state index is 14.5. The van der Waals surface area contributed by atoms with E-state index in [1.165, 1.54) is 17.0 Å². The molecule has 2 amide bonds. The lowest BCUT2D eigenvalue weighted by molar-refractivity contribution is -0.140. The monoisotopic (exact) mass is 627 g/mol. The molecule has 0 spiro atoms. The second-order valence-electron chi connectivity index (χ2n) is 10.8. The maximum Gasteiger partial charge on any atom is 0.264 e. The van der Waals surface area contributed by atoms with Gasteiger partial charge in [0.15, 0.2) is 0 Å². The van der Waals surface area contributed by atoms with E-state index in [4.69, 9.17) is 4.74 Å². The molecule has 1 unspecified atom stereocenters. The molecule has 1 atom stereocenters. The number of para-hydroxylation sites is 2. The summed E-state index contributed by atoms with van der Waals surface area (Å²) in [4.78, 5) is 29.7. The Morgan fingerprint density at radius 3 is 2.00 bits per heavy atom. The van der Waals surface area contributed by atoms with Gasteiger partial charge in [-0.2, -0.15) is 0 Å². The number of carbonyl (C=O) groups is 2. The van der Waals surface area contributed by atoms with Crippen molar-refractivity contribution in [1.29, 1.82) is 0 Å². The van der Waals surface area contributed by atoms with Crippen LogP contribution in [0.3, 0.4) is 0 Å². The highest BCUT2D eigenvalue weighted by Crippen LogP contribution is 2.33. The van der Waals surface area contributed by atoms with Crippen LogP contribution in [-0.4, -0.2) is 50.9 Å². The van der Waals surface area contributed by atoms with Gasteiger partial charge in [0.1, 0.15) is 18.3 Å². The van der Waals surface area contributed by atoms with Crippen LogP contribution >= 0.6 is 0 Å². The molecule has 0 aliphatic heterocycles. The Balaban J connectivity index is 1.82. The van der Waals surface area contributed by atoms with Crippen molar-refractivity contribution in [1.82, 2.24) is 10.2 Å². The Bertz CT molecular complexity index is 1670. The summed E-state index contributed by atoms with van der Waals surface area (Å²) in [6.07, 6.45) is 0.254. The van der Waals surface area contributed by atoms with Gasteiger partial charge in [-0.25, -0.2) is 8.42 Å². The first-order chi connectivity index (χ1) is 21.6. The summed E-state index contributed by atoms with van der Waals surface area (Å²) in [5, 5.41) is 2.88. The summed E-state index contributed by atoms with van der Waals surface area (Å²) in [6.45, 7) is 7.74. The van der Waals surface area contributed by atoms with E-state index in [0.717, 1.165) is 26.6 Å². The van der Waals surface area contributed by atoms with E-state index in [-0.39, 0.29) is 29.5 Å². The van der Waals surface area contributed by atoms with Crippen LogP contribution in [0.5, 0.6) is 5.75 Å². The minimum absolute atomic E-state index is 0.0434. The van der Waals surface area contributed by atoms with E-state index in [0.29, 0.717) is 18.9 Å². The molecule has 0 aliphatic carbocycles. The molecular weight excluding hydrogens is 586 g/mol. The standard InChI is InChI=1S/C36H41N3O5S/c1-5-37-36(41)33(24-29-12-8-7-9-13-29)38(25-30-20-16-27(3)17-21-30)35(40)26-39(32-14-10-11-15-34(32)44-6-2)45(42,43)31-22-18-28(4)19-23-31/h7-23,33H,5-6,24-26H2,1-4H3,(H,37,41). The lowest BCUT2D eigenvalue weighted by Gasteiger charge is -2.34. The highest BCUT2D eigenvalue weighted by Gasteiger charge is 2.35. The zero-order valence-corrected chi connectivity index (χ0v) is 27.1. The van der Waals surface area contributed by atoms with E-state index < -0.39 is 28.5 Å². The number of rotatable bonds is 14. The molecule has 0 radical (unpaired) electrons. The van der Waals surface area contributed by atoms with Crippen molar-refractivity contribution in [2.24, 2.45) is 0 Å². The average Bonchev–Trinajstić information content (AvgIpc) is 3.03. The molecule has 45 heavy (non-hydrogen) atoms. The third-order valence-corrected chi connectivity index (χ3v) is 9.19. The molecule has 0 saturated heterocycles. The van der Waals surface area contributed by atoms with Gasteiger partial charge < -0.3 is 15.0 Å². The van der Waals surface area contributed by atoms with Crippen molar-refractivity contribution < 1.29 is 22.7 Å². The van der Waals surface area contributed by atoms with Crippen LogP contribution in [0.1, 0.15) is 36.1 Å². The van der Waals surface area contributed by atoms with Gasteiger partial charge in [0, 0.05) is 19.5 Å². The molecule has 0 fully saturated rings. The normalized spacial score (nSPS) is 11.8. The van der Waals surface area contributed by atoms with Crippen LogP contribution in [0.25, 0.3) is 0 Å². The fraction of sp³-hybridized carbons (Fsp3) is 0.278. The molecule has 4 rings (SSSR count). The number of sulfonamides is 1. The molecule has 9 heteroatoms. The van der Waals surface area contributed by atoms with Crippen LogP contribution in [-0.2, 0) is 32.6 Å². The number of nitrogens with one attached hydrogen (secondary N) is 1. The summed E-state index contributed by atoms with van der Waals surface area (Å²) in [7, 11) is -4.23. The van der Waals surface area contributed by atoms with Gasteiger partial charge in [-0.15, -0.1) is 0 Å². The third kappa shape index (κ3) is 8.51. The fourth-order valence-corrected chi connectivity index (χ4v) is 6.45. The Kier molecular flexibility index (Phi) is 11.4. The van der Waals surface area contributed by atoms with E-state index >= 15 is 0 Å². The van der Waals surface area contributed by atoms with Crippen molar-refractivity contribution in [2.75, 3.05) is 24.0 Å². The highest BCUT2D eigenvalue weighted by atomic mass is 32.2. The van der Waals surface area contributed by atoms with E-state index in [1.807, 2.05) is 82.3 Å². The Hall–Kier alpha value is -4.63. The van der Waals surface area contributed by atoms with Crippen molar-refractivity contribution >= 4 is 27.5 Å². The lowest BCUT2D eigenvalue weighted by atomic mass is 10.0. The first kappa shape index (κ1) is 33.3. The van der Waals surface area contributed by atoms with Crippen LogP contribution < -0.4 is 14.4 Å². The Morgan fingerprint density at radius 2 is 1.38 bits per heavy atom. The van der Waals surface area contributed by atoms with E-state index in [2.05, 4.69) is 5.32 Å². The van der Waals surface area contributed by atoms with E-state index in [9.17, 15) is 18.0 Å². The summed E-state index contributed by atoms with van der Waals surface area (Å²) in [5.41, 5.74) is 3.90. The lowest BCUT2D eigenvalue weighted by Crippen LogP contribution is -2.53. The largest absolute Gasteiger partial charge is 0.492 e. The molecule has 0 aromatic heterocycles. The molecule has 8 nitrogen and oxygen atoms in total. The zero-order chi connectivity index (χ0) is 32.4. The number of benzene rings is 4. The Labute approximate surface area is 266 Å². The topological polar surface area (TPSA) is 96.0 Å². The number of carbonyl (C=O) groups excluding carboxylic acids is 2. The molecule has 4 aromatic carbocycles. The van der Waals surface area contributed by atoms with Gasteiger partial charge in [-0.05, 0) is 63.1 Å². The minimum Gasteiger partial charge on any atom is -0.492 e. The first-order valence-corrected chi connectivity index (χ1v) is 16.6. The number of anilines is 1. The number of aryl methyl sites for hydroxylation is 2. The smallest absolute Gasteiger partial charge is 0.264 e. The minimum atomic E-state index is -4.23. The molecular formula is C36H41N3O5S. The van der Waals surface area contributed by atoms with Crippen LogP contribution in [0.2, 0.25) is 0 Å². The molecule has 0 bridgehead atoms. The molecule has 4 aromatic rings. The zero-order valence-electron chi connectivity index (χ0n) is 26.3. The van der Waals surface area contributed by atoms with Gasteiger partial charge in [0.2, 0.25) is 11.8 Å². The predicted molar refractivity (Wildman–Crippen MR) is 178 cm³/mol. The van der Waals surface area contributed by atoms with Gasteiger partial charge in [-0.1, -0.05) is 90.0 Å². The van der Waals surface area contributed by atoms with Gasteiger partial charge in [0.25, 0.3) is 10.0 Å². The second kappa shape index (κ2) is 15.4. The van der Waals surface area contributed by atoms with Gasteiger partial charge >= 0.3 is 0 Å². The van der Waals surface area contributed by atoms with Gasteiger partial charge in [-0.3, -0.25) is 13.9 Å². The molecule has 0 aliphatic rings. The summed E-state index contributed by atoms with van der Waals surface area (Å²) in [5.74, 6) is -0.507. The van der Waals surface area contributed by atoms with Crippen LogP contribution in [0, 0.1) is 13.8 Å². The quantitative estimate of drug-likeness (QED) is 0.194. The SMILES string of the molecule is CCNC(=O)C(Cc1ccccc1)N(Cc1ccc(C)cc1)C(=O)CN(c1ccccc1OCC)S(=O)(=O)c1ccc(C)cc1. The van der Waals surface area contributed by atoms with Crippen molar-refractivity contribution in [2.45, 2.75) is 51.6 Å². The number of ether oxygens (including phenoxy) is 1. The maximum atomic E-state index is 14.5. The van der Waals surface area contributed by atoms with Crippen LogP contribution in [0.4, 0.5) is 5.69 Å². The molecule has 0 saturated carbocycles. The summed E-state index contributed by atoms with van der Waals surface area (Å²) >= 11 is 0. The third-order valence-electron chi connectivity index (χ3n) is 7.42. The molecule has 1 N–H and O–H groups in total. The summed E-state index contributed by atoms with van der Waals surface area (Å²) < 4.78 is 35.5. The van der Waals surface area contributed by atoms with Crippen molar-refractivity contribution in [3.8, 4) is 5.75 Å². The summed E-state index contributed by atoms with van der Waals surface area (Å²) in [6, 6.07) is 29.6. The number of likely N-dealkylation sites (N-methyl/N-ethyl adjacent to an activating group) is 1. The van der Waals surface area contributed by atoms with Crippen LogP contribution in [0.15, 0.2) is 108 Å². The van der Waals surface area contributed by atoms with Crippen molar-refractivity contribution in [3.05, 3.63) is 125 Å². The molecule has 0 heterocycles. The molecule has 236 valence electrons. The number of hydrogen-bond donors (Lipinski definition) is 1.